The molecule has 0 bridgehead atoms. The van der Waals surface area contributed by atoms with Crippen LogP contribution in [0.2, 0.25) is 0 Å². The van der Waals surface area contributed by atoms with Gasteiger partial charge in [-0.3, -0.25) is 4.79 Å². The number of carbonyl (C=O) groups is 1. The van der Waals surface area contributed by atoms with E-state index in [4.69, 9.17) is 4.74 Å². The van der Waals surface area contributed by atoms with E-state index in [1.54, 1.807) is 7.11 Å². The number of methoxy groups -OCH3 is 1. The van der Waals surface area contributed by atoms with E-state index in [-0.39, 0.29) is 5.91 Å². The van der Waals surface area contributed by atoms with Gasteiger partial charge >= 0.3 is 0 Å². The molecule has 0 radical (unpaired) electrons. The van der Waals surface area contributed by atoms with Crippen molar-refractivity contribution in [2.45, 2.75) is 32.2 Å². The number of hydrogen-bond acceptors (Lipinski definition) is 4. The number of rotatable bonds is 6. The summed E-state index contributed by atoms with van der Waals surface area (Å²) in [6.45, 7) is 4.78. The van der Waals surface area contributed by atoms with Gasteiger partial charge in [0.15, 0.2) is 0 Å². The maximum atomic E-state index is 12.6. The molecule has 1 unspecified atom stereocenters. The fourth-order valence-corrected chi connectivity index (χ4v) is 3.31. The Morgan fingerprint density at radius 2 is 2.47 bits per heavy atom. The van der Waals surface area contributed by atoms with E-state index in [0.29, 0.717) is 16.7 Å². The second-order valence-corrected chi connectivity index (χ2v) is 5.78. The van der Waals surface area contributed by atoms with Crippen molar-refractivity contribution in [1.29, 1.82) is 0 Å². The van der Waals surface area contributed by atoms with E-state index in [1.807, 2.05) is 16.3 Å². The average molecular weight is 282 g/mol. The number of thiophene rings is 1. The third-order valence-corrected chi connectivity index (χ3v) is 4.31. The van der Waals surface area contributed by atoms with Crippen LogP contribution >= 0.6 is 11.3 Å². The van der Waals surface area contributed by atoms with Crippen molar-refractivity contribution in [2.24, 2.45) is 0 Å². The number of ether oxygens (including phenoxy) is 1. The maximum absolute atomic E-state index is 12.6. The summed E-state index contributed by atoms with van der Waals surface area (Å²) in [4.78, 5) is 15.3. The summed E-state index contributed by atoms with van der Waals surface area (Å²) in [5, 5.41) is 5.36. The molecule has 0 spiro atoms. The molecule has 1 atom stereocenters. The minimum absolute atomic E-state index is 0.0994. The SMILES string of the molecule is CCCN(CC1CCCN1)C(=O)c1sccc1OC. The Bertz CT molecular complexity index is 413. The van der Waals surface area contributed by atoms with E-state index < -0.39 is 0 Å². The fourth-order valence-electron chi connectivity index (χ4n) is 2.48. The zero-order chi connectivity index (χ0) is 13.7. The highest BCUT2D eigenvalue weighted by atomic mass is 32.1. The largest absolute Gasteiger partial charge is 0.495 e. The van der Waals surface area contributed by atoms with Crippen LogP contribution in [0.25, 0.3) is 0 Å². The van der Waals surface area contributed by atoms with Gasteiger partial charge in [0.1, 0.15) is 10.6 Å². The third-order valence-electron chi connectivity index (χ3n) is 3.43. The molecule has 1 aromatic rings. The normalized spacial score (nSPS) is 18.5. The maximum Gasteiger partial charge on any atom is 0.267 e. The van der Waals surface area contributed by atoms with Gasteiger partial charge in [0, 0.05) is 19.1 Å². The van der Waals surface area contributed by atoms with E-state index in [9.17, 15) is 4.79 Å². The van der Waals surface area contributed by atoms with Gasteiger partial charge in [-0.15, -0.1) is 11.3 Å². The standard InChI is InChI=1S/C14H22N2O2S/c1-3-8-16(10-11-5-4-7-15-11)14(17)13-12(18-2)6-9-19-13/h6,9,11,15H,3-5,7-8,10H2,1-2H3. The van der Waals surface area contributed by atoms with Crippen LogP contribution in [0.3, 0.4) is 0 Å². The van der Waals surface area contributed by atoms with E-state index in [0.717, 1.165) is 32.5 Å². The van der Waals surface area contributed by atoms with Gasteiger partial charge in [0.05, 0.1) is 7.11 Å². The van der Waals surface area contributed by atoms with Gasteiger partial charge in [0.2, 0.25) is 0 Å². The number of nitrogens with zero attached hydrogens (tertiary/aromatic N) is 1. The molecule has 106 valence electrons. The Morgan fingerprint density at radius 3 is 3.11 bits per heavy atom. The molecule has 1 aliphatic rings. The van der Waals surface area contributed by atoms with Gasteiger partial charge in [-0.1, -0.05) is 6.92 Å². The molecule has 0 aliphatic carbocycles. The second kappa shape index (κ2) is 6.91. The Balaban J connectivity index is 2.06. The molecule has 2 rings (SSSR count). The molecule has 4 nitrogen and oxygen atoms in total. The highest BCUT2D eigenvalue weighted by Gasteiger charge is 2.24. The molecular formula is C14H22N2O2S. The summed E-state index contributed by atoms with van der Waals surface area (Å²) in [6.07, 6.45) is 3.35. The summed E-state index contributed by atoms with van der Waals surface area (Å²) in [5.74, 6) is 0.790. The quantitative estimate of drug-likeness (QED) is 0.871. The molecule has 5 heteroatoms. The van der Waals surface area contributed by atoms with Crippen molar-refractivity contribution >= 4 is 17.2 Å². The molecule has 0 aromatic carbocycles. The predicted octanol–water partition coefficient (Wildman–Crippen LogP) is 2.36. The van der Waals surface area contributed by atoms with Crippen molar-refractivity contribution in [3.63, 3.8) is 0 Å². The molecule has 1 aromatic heterocycles. The first-order valence-electron chi connectivity index (χ1n) is 6.90. The van der Waals surface area contributed by atoms with Crippen molar-refractivity contribution in [2.75, 3.05) is 26.7 Å². The van der Waals surface area contributed by atoms with Crippen LogP contribution in [-0.2, 0) is 0 Å². The van der Waals surface area contributed by atoms with Crippen LogP contribution in [0.5, 0.6) is 5.75 Å². The lowest BCUT2D eigenvalue weighted by atomic mass is 10.2. The molecule has 1 saturated heterocycles. The van der Waals surface area contributed by atoms with E-state index in [2.05, 4.69) is 12.2 Å². The predicted molar refractivity (Wildman–Crippen MR) is 78.1 cm³/mol. The summed E-state index contributed by atoms with van der Waals surface area (Å²) in [5.41, 5.74) is 0. The second-order valence-electron chi connectivity index (χ2n) is 4.86. The molecule has 0 saturated carbocycles. The van der Waals surface area contributed by atoms with E-state index in [1.165, 1.54) is 17.8 Å². The van der Waals surface area contributed by atoms with Crippen LogP contribution in [-0.4, -0.2) is 43.6 Å². The number of carbonyl (C=O) groups excluding carboxylic acids is 1. The minimum atomic E-state index is 0.0994. The first kappa shape index (κ1) is 14.3. The van der Waals surface area contributed by atoms with Crippen molar-refractivity contribution in [1.82, 2.24) is 10.2 Å². The van der Waals surface area contributed by atoms with Crippen LogP contribution in [0.4, 0.5) is 0 Å². The summed E-state index contributed by atoms with van der Waals surface area (Å²) in [6, 6.07) is 2.30. The third kappa shape index (κ3) is 3.48. The molecule has 19 heavy (non-hydrogen) atoms. The van der Waals surface area contributed by atoms with Crippen molar-refractivity contribution < 1.29 is 9.53 Å². The average Bonchev–Trinajstić information content (AvgIpc) is 3.08. The molecule has 1 aliphatic heterocycles. The molecule has 1 N–H and O–H groups in total. The van der Waals surface area contributed by atoms with Crippen LogP contribution in [0.1, 0.15) is 35.9 Å². The summed E-state index contributed by atoms with van der Waals surface area (Å²) in [7, 11) is 1.61. The minimum Gasteiger partial charge on any atom is -0.495 e. The number of amides is 1. The van der Waals surface area contributed by atoms with E-state index >= 15 is 0 Å². The van der Waals surface area contributed by atoms with Crippen molar-refractivity contribution in [3.05, 3.63) is 16.3 Å². The van der Waals surface area contributed by atoms with Crippen molar-refractivity contribution in [3.8, 4) is 5.75 Å². The van der Waals surface area contributed by atoms with Gasteiger partial charge in [0.25, 0.3) is 5.91 Å². The highest BCUT2D eigenvalue weighted by Crippen LogP contribution is 2.26. The van der Waals surface area contributed by atoms with Crippen LogP contribution in [0, 0.1) is 0 Å². The zero-order valence-electron chi connectivity index (χ0n) is 11.6. The van der Waals surface area contributed by atoms with Crippen LogP contribution < -0.4 is 10.1 Å². The summed E-state index contributed by atoms with van der Waals surface area (Å²) < 4.78 is 5.25. The molecular weight excluding hydrogens is 260 g/mol. The Labute approximate surface area is 118 Å². The summed E-state index contributed by atoms with van der Waals surface area (Å²) >= 11 is 1.46. The zero-order valence-corrected chi connectivity index (χ0v) is 12.5. The lowest BCUT2D eigenvalue weighted by molar-refractivity contribution is 0.0743. The topological polar surface area (TPSA) is 41.6 Å². The molecule has 1 fully saturated rings. The molecule has 1 amide bonds. The van der Waals surface area contributed by atoms with Gasteiger partial charge in [-0.05, 0) is 37.3 Å². The van der Waals surface area contributed by atoms with Gasteiger partial charge < -0.3 is 15.0 Å². The number of hydrogen-bond donors (Lipinski definition) is 1. The number of nitrogens with one attached hydrogen (secondary N) is 1. The van der Waals surface area contributed by atoms with Gasteiger partial charge in [-0.25, -0.2) is 0 Å². The lowest BCUT2D eigenvalue weighted by Gasteiger charge is -2.25. The van der Waals surface area contributed by atoms with Gasteiger partial charge in [-0.2, -0.15) is 0 Å². The highest BCUT2D eigenvalue weighted by molar-refractivity contribution is 7.12. The Hall–Kier alpha value is -1.07. The Morgan fingerprint density at radius 1 is 1.63 bits per heavy atom. The smallest absolute Gasteiger partial charge is 0.267 e. The monoisotopic (exact) mass is 282 g/mol. The molecule has 2 heterocycles. The lowest BCUT2D eigenvalue weighted by Crippen LogP contribution is -2.41. The Kier molecular flexibility index (Phi) is 5.22. The first-order valence-corrected chi connectivity index (χ1v) is 7.78. The fraction of sp³-hybridized carbons (Fsp3) is 0.643. The first-order chi connectivity index (χ1) is 9.26. The van der Waals surface area contributed by atoms with Crippen LogP contribution in [0.15, 0.2) is 11.4 Å².